The van der Waals surface area contributed by atoms with Gasteiger partial charge in [-0.3, -0.25) is 4.79 Å². The van der Waals surface area contributed by atoms with Crippen molar-refractivity contribution in [3.05, 3.63) is 48.0 Å². The molecule has 0 saturated heterocycles. The molecule has 1 aromatic heterocycles. The zero-order chi connectivity index (χ0) is 11.8. The van der Waals surface area contributed by atoms with E-state index in [1.807, 2.05) is 22.9 Å². The van der Waals surface area contributed by atoms with Crippen LogP contribution in [0.5, 0.6) is 0 Å². The summed E-state index contributed by atoms with van der Waals surface area (Å²) in [4.78, 5) is 15.5. The first-order chi connectivity index (χ1) is 8.24. The fraction of sp³-hybridized carbons (Fsp3) is 0.231. The molecule has 1 aliphatic carbocycles. The summed E-state index contributed by atoms with van der Waals surface area (Å²) in [5, 5.41) is -0.436. The first-order valence-corrected chi connectivity index (χ1v) is 5.96. The topological polar surface area (TPSA) is 34.9 Å². The minimum absolute atomic E-state index is 0.436. The van der Waals surface area contributed by atoms with E-state index in [0.717, 1.165) is 11.4 Å². The van der Waals surface area contributed by atoms with Crippen LogP contribution in [0.25, 0.3) is 5.69 Å². The Balaban J connectivity index is 1.96. The van der Waals surface area contributed by atoms with Gasteiger partial charge < -0.3 is 4.57 Å². The van der Waals surface area contributed by atoms with Gasteiger partial charge in [0.15, 0.2) is 0 Å². The fourth-order valence-electron chi connectivity index (χ4n) is 1.86. The summed E-state index contributed by atoms with van der Waals surface area (Å²) in [7, 11) is 0. The number of hydrogen-bond donors (Lipinski definition) is 0. The van der Waals surface area contributed by atoms with E-state index in [9.17, 15) is 4.79 Å². The zero-order valence-corrected chi connectivity index (χ0v) is 9.89. The summed E-state index contributed by atoms with van der Waals surface area (Å²) in [5.74, 6) is 0.633. The average molecular weight is 247 g/mol. The number of benzene rings is 1. The molecule has 3 nitrogen and oxygen atoms in total. The highest BCUT2D eigenvalue weighted by Gasteiger charge is 2.25. The van der Waals surface area contributed by atoms with Crippen LogP contribution in [0, 0.1) is 0 Å². The van der Waals surface area contributed by atoms with Gasteiger partial charge in [0.2, 0.25) is 0 Å². The number of halogens is 1. The molecule has 1 fully saturated rings. The highest BCUT2D eigenvalue weighted by Crippen LogP contribution is 2.39. The molecule has 4 heteroatoms. The maximum atomic E-state index is 11.1. The molecule has 2 aromatic rings. The normalized spacial score (nSPS) is 14.9. The summed E-state index contributed by atoms with van der Waals surface area (Å²) in [6.07, 6.45) is 6.27. The number of hydrogen-bond acceptors (Lipinski definition) is 2. The molecule has 3 rings (SSSR count). The van der Waals surface area contributed by atoms with Gasteiger partial charge in [-0.05, 0) is 42.6 Å². The Hall–Kier alpha value is -1.61. The van der Waals surface area contributed by atoms with Gasteiger partial charge in [0.1, 0.15) is 0 Å². The lowest BCUT2D eigenvalue weighted by atomic mass is 10.2. The number of carbonyl (C=O) groups is 1. The number of aromatic nitrogens is 2. The van der Waals surface area contributed by atoms with Crippen LogP contribution >= 0.6 is 11.6 Å². The predicted octanol–water partition coefficient (Wildman–Crippen LogP) is 3.13. The zero-order valence-electron chi connectivity index (χ0n) is 9.14. The van der Waals surface area contributed by atoms with E-state index in [1.54, 1.807) is 18.5 Å². The molecule has 0 bridgehead atoms. The molecule has 0 radical (unpaired) electrons. The van der Waals surface area contributed by atoms with Gasteiger partial charge in [0, 0.05) is 23.4 Å². The minimum atomic E-state index is -0.436. The van der Waals surface area contributed by atoms with E-state index in [2.05, 4.69) is 4.98 Å². The Morgan fingerprint density at radius 1 is 1.41 bits per heavy atom. The maximum Gasteiger partial charge on any atom is 0.252 e. The van der Waals surface area contributed by atoms with E-state index in [0.29, 0.717) is 11.5 Å². The molecule has 0 atom stereocenters. The summed E-state index contributed by atoms with van der Waals surface area (Å²) in [5.41, 5.74) is 2.55. The maximum absolute atomic E-state index is 11.1. The van der Waals surface area contributed by atoms with Crippen LogP contribution < -0.4 is 0 Å². The average Bonchev–Trinajstić information content (AvgIpc) is 3.07. The van der Waals surface area contributed by atoms with Crippen molar-refractivity contribution in [3.63, 3.8) is 0 Å². The van der Waals surface area contributed by atoms with Gasteiger partial charge in [-0.2, -0.15) is 0 Å². The first-order valence-electron chi connectivity index (χ1n) is 5.58. The Kier molecular flexibility index (Phi) is 2.48. The summed E-state index contributed by atoms with van der Waals surface area (Å²) in [6, 6.07) is 7.23. The number of nitrogens with zero attached hydrogens (tertiary/aromatic N) is 2. The van der Waals surface area contributed by atoms with Crippen molar-refractivity contribution in [3.8, 4) is 5.69 Å². The number of rotatable bonds is 3. The van der Waals surface area contributed by atoms with Crippen LogP contribution in [0.1, 0.15) is 34.8 Å². The van der Waals surface area contributed by atoms with Gasteiger partial charge in [-0.25, -0.2) is 4.98 Å². The minimum Gasteiger partial charge on any atom is -0.306 e. The van der Waals surface area contributed by atoms with Crippen molar-refractivity contribution in [2.24, 2.45) is 0 Å². The molecule has 1 heterocycles. The molecule has 0 aliphatic heterocycles. The number of imidazole rings is 1. The standard InChI is InChI=1S/C13H11ClN2O/c14-13(17)10-2-1-3-11(6-10)16-7-12(15-8-16)9-4-5-9/h1-3,6-9H,4-5H2. The summed E-state index contributed by atoms with van der Waals surface area (Å²) in [6.45, 7) is 0. The SMILES string of the molecule is O=C(Cl)c1cccc(-n2cnc(C3CC3)c2)c1. The Labute approximate surface area is 104 Å². The Morgan fingerprint density at radius 2 is 2.24 bits per heavy atom. The van der Waals surface area contributed by atoms with Crippen molar-refractivity contribution < 1.29 is 4.79 Å². The van der Waals surface area contributed by atoms with Crippen molar-refractivity contribution >= 4 is 16.8 Å². The highest BCUT2D eigenvalue weighted by atomic mass is 35.5. The van der Waals surface area contributed by atoms with Crippen molar-refractivity contribution in [1.29, 1.82) is 0 Å². The lowest BCUT2D eigenvalue weighted by Crippen LogP contribution is -1.94. The predicted molar refractivity (Wildman–Crippen MR) is 65.7 cm³/mol. The lowest BCUT2D eigenvalue weighted by molar-refractivity contribution is 0.108. The monoisotopic (exact) mass is 246 g/mol. The van der Waals surface area contributed by atoms with Crippen LogP contribution in [0.3, 0.4) is 0 Å². The molecular weight excluding hydrogens is 236 g/mol. The van der Waals surface area contributed by atoms with E-state index < -0.39 is 5.24 Å². The fourth-order valence-corrected chi connectivity index (χ4v) is 1.98. The van der Waals surface area contributed by atoms with Crippen LogP contribution in [-0.2, 0) is 0 Å². The van der Waals surface area contributed by atoms with Gasteiger partial charge in [-0.1, -0.05) is 6.07 Å². The third-order valence-corrected chi connectivity index (χ3v) is 3.19. The van der Waals surface area contributed by atoms with Crippen molar-refractivity contribution in [2.75, 3.05) is 0 Å². The summed E-state index contributed by atoms with van der Waals surface area (Å²) < 4.78 is 1.93. The molecule has 0 amide bonds. The second kappa shape index (κ2) is 4.00. The number of carbonyl (C=O) groups excluding carboxylic acids is 1. The van der Waals surface area contributed by atoms with Gasteiger partial charge in [-0.15, -0.1) is 0 Å². The third-order valence-electron chi connectivity index (χ3n) is 2.97. The quantitative estimate of drug-likeness (QED) is 0.780. The van der Waals surface area contributed by atoms with E-state index in [1.165, 1.54) is 12.8 Å². The van der Waals surface area contributed by atoms with E-state index >= 15 is 0 Å². The molecule has 0 N–H and O–H groups in total. The molecule has 17 heavy (non-hydrogen) atoms. The molecule has 0 unspecified atom stereocenters. The molecule has 86 valence electrons. The van der Waals surface area contributed by atoms with Crippen LogP contribution in [-0.4, -0.2) is 14.8 Å². The van der Waals surface area contributed by atoms with Gasteiger partial charge in [0.25, 0.3) is 5.24 Å². The van der Waals surface area contributed by atoms with Crippen molar-refractivity contribution in [2.45, 2.75) is 18.8 Å². The Bertz CT molecular complexity index is 572. The van der Waals surface area contributed by atoms with Crippen LogP contribution in [0.2, 0.25) is 0 Å². The largest absolute Gasteiger partial charge is 0.306 e. The van der Waals surface area contributed by atoms with Crippen molar-refractivity contribution in [1.82, 2.24) is 9.55 Å². The molecule has 1 aliphatic rings. The summed E-state index contributed by atoms with van der Waals surface area (Å²) >= 11 is 5.46. The van der Waals surface area contributed by atoms with E-state index in [-0.39, 0.29) is 0 Å². The molecule has 1 aromatic carbocycles. The molecular formula is C13H11ClN2O. The first kappa shape index (κ1) is 10.5. The van der Waals surface area contributed by atoms with E-state index in [4.69, 9.17) is 11.6 Å². The molecule has 1 saturated carbocycles. The lowest BCUT2D eigenvalue weighted by Gasteiger charge is -2.02. The van der Waals surface area contributed by atoms with Crippen LogP contribution in [0.15, 0.2) is 36.8 Å². The Morgan fingerprint density at radius 3 is 2.94 bits per heavy atom. The molecule has 0 spiro atoms. The van der Waals surface area contributed by atoms with Gasteiger partial charge in [0.05, 0.1) is 12.0 Å². The van der Waals surface area contributed by atoms with Gasteiger partial charge >= 0.3 is 0 Å². The third kappa shape index (κ3) is 2.11. The second-order valence-electron chi connectivity index (χ2n) is 4.30. The van der Waals surface area contributed by atoms with Crippen LogP contribution in [0.4, 0.5) is 0 Å². The second-order valence-corrected chi connectivity index (χ2v) is 4.65. The smallest absolute Gasteiger partial charge is 0.252 e. The highest BCUT2D eigenvalue weighted by molar-refractivity contribution is 6.67.